The smallest absolute Gasteiger partial charge is 0.275 e. The molecule has 27 heavy (non-hydrogen) atoms. The van der Waals surface area contributed by atoms with E-state index in [4.69, 9.17) is 9.47 Å². The van der Waals surface area contributed by atoms with E-state index in [9.17, 15) is 4.79 Å². The Balaban J connectivity index is 1.50. The molecule has 2 aliphatic heterocycles. The van der Waals surface area contributed by atoms with Gasteiger partial charge < -0.3 is 14.4 Å². The average molecular weight is 367 g/mol. The molecule has 1 aliphatic carbocycles. The molecule has 6 heteroatoms. The third-order valence-corrected chi connectivity index (χ3v) is 6.13. The first kappa shape index (κ1) is 16.8. The molecule has 3 heterocycles. The van der Waals surface area contributed by atoms with E-state index >= 15 is 0 Å². The summed E-state index contributed by atoms with van der Waals surface area (Å²) in [6.45, 7) is 5.21. The predicted octanol–water partition coefficient (Wildman–Crippen LogP) is 3.39. The third kappa shape index (κ3) is 2.74. The molecule has 2 atom stereocenters. The van der Waals surface area contributed by atoms with Gasteiger partial charge in [0.15, 0.2) is 5.69 Å². The highest BCUT2D eigenvalue weighted by Gasteiger charge is 2.45. The van der Waals surface area contributed by atoms with Crippen LogP contribution in [0.15, 0.2) is 24.3 Å². The summed E-state index contributed by atoms with van der Waals surface area (Å²) in [5.74, 6) is 0.896. The van der Waals surface area contributed by atoms with Crippen molar-refractivity contribution in [2.24, 2.45) is 0 Å². The highest BCUT2D eigenvalue weighted by Crippen LogP contribution is 2.41. The second kappa shape index (κ2) is 6.09. The van der Waals surface area contributed by atoms with Gasteiger partial charge >= 0.3 is 0 Å². The van der Waals surface area contributed by atoms with Crippen LogP contribution >= 0.6 is 0 Å². The first-order valence-corrected chi connectivity index (χ1v) is 9.83. The van der Waals surface area contributed by atoms with Gasteiger partial charge in [-0.05, 0) is 39.2 Å². The lowest BCUT2D eigenvalue weighted by Gasteiger charge is -2.42. The fourth-order valence-corrected chi connectivity index (χ4v) is 4.58. The average Bonchev–Trinajstić information content (AvgIpc) is 2.94. The molecule has 6 nitrogen and oxygen atoms in total. The number of ether oxygens (including phenoxy) is 2. The van der Waals surface area contributed by atoms with Gasteiger partial charge in [-0.1, -0.05) is 18.2 Å². The number of carbonyl (C=O) groups excluding carboxylic acids is 1. The highest BCUT2D eigenvalue weighted by atomic mass is 16.5. The van der Waals surface area contributed by atoms with Crippen molar-refractivity contribution in [2.75, 3.05) is 6.54 Å². The zero-order chi connectivity index (χ0) is 18.6. The van der Waals surface area contributed by atoms with Crippen molar-refractivity contribution in [1.82, 2.24) is 15.1 Å². The molecular formula is C21H25N3O3. The zero-order valence-corrected chi connectivity index (χ0v) is 15.8. The number of aromatic amines is 1. The van der Waals surface area contributed by atoms with Crippen LogP contribution in [0, 0.1) is 0 Å². The van der Waals surface area contributed by atoms with Crippen LogP contribution in [0.3, 0.4) is 0 Å². The molecule has 142 valence electrons. The molecule has 1 saturated carbocycles. The standard InChI is InChI=1S/C21H25N3O3/c1-13-10-16-18(14(2)26-13)22-23-19(16)20(25)24-11-15-6-3-4-7-17(15)27-21(12-24)8-5-9-21/h3-4,6-7,13-14H,5,8-12H2,1-2H3,(H,22,23)/t13-,14+/m1/s1. The fraction of sp³-hybridized carbons (Fsp3) is 0.524. The number of para-hydroxylation sites is 1. The maximum atomic E-state index is 13.5. The molecule has 0 radical (unpaired) electrons. The molecule has 5 rings (SSSR count). The van der Waals surface area contributed by atoms with Crippen LogP contribution in [0.2, 0.25) is 0 Å². The number of hydrogen-bond acceptors (Lipinski definition) is 4. The number of benzene rings is 1. The van der Waals surface area contributed by atoms with Gasteiger partial charge in [0, 0.05) is 24.1 Å². The monoisotopic (exact) mass is 367 g/mol. The number of fused-ring (bicyclic) bond motifs is 2. The minimum Gasteiger partial charge on any atom is -0.485 e. The highest BCUT2D eigenvalue weighted by molar-refractivity contribution is 5.94. The number of nitrogens with one attached hydrogen (secondary N) is 1. The fourth-order valence-electron chi connectivity index (χ4n) is 4.58. The molecule has 3 aliphatic rings. The van der Waals surface area contributed by atoms with Crippen LogP contribution in [0.25, 0.3) is 0 Å². The molecule has 0 saturated heterocycles. The summed E-state index contributed by atoms with van der Waals surface area (Å²) in [6, 6.07) is 8.06. The number of amides is 1. The number of carbonyl (C=O) groups is 1. The van der Waals surface area contributed by atoms with Crippen LogP contribution in [0.4, 0.5) is 0 Å². The SMILES string of the molecule is C[C@@H]1Cc2c(C(=O)N3Cc4ccccc4OC4(CCC4)C3)n[nH]c2[C@H](C)O1. The largest absolute Gasteiger partial charge is 0.485 e. The van der Waals surface area contributed by atoms with Crippen molar-refractivity contribution in [3.05, 3.63) is 46.8 Å². The Morgan fingerprint density at radius 1 is 1.30 bits per heavy atom. The molecule has 0 unspecified atom stereocenters. The summed E-state index contributed by atoms with van der Waals surface area (Å²) in [5, 5.41) is 7.45. The van der Waals surface area contributed by atoms with Gasteiger partial charge in [0.1, 0.15) is 11.4 Å². The normalized spacial score (nSPS) is 25.8. The van der Waals surface area contributed by atoms with E-state index in [0.717, 1.165) is 41.8 Å². The van der Waals surface area contributed by atoms with E-state index in [1.807, 2.05) is 43.0 Å². The number of hydrogen-bond donors (Lipinski definition) is 1. The van der Waals surface area contributed by atoms with Gasteiger partial charge in [-0.15, -0.1) is 0 Å². The Morgan fingerprint density at radius 3 is 2.89 bits per heavy atom. The Bertz CT molecular complexity index is 887. The Labute approximate surface area is 158 Å². The van der Waals surface area contributed by atoms with Crippen LogP contribution in [-0.2, 0) is 17.7 Å². The molecule has 1 fully saturated rings. The van der Waals surface area contributed by atoms with Crippen LogP contribution in [0.5, 0.6) is 5.75 Å². The summed E-state index contributed by atoms with van der Waals surface area (Å²) in [4.78, 5) is 15.4. The van der Waals surface area contributed by atoms with E-state index in [1.165, 1.54) is 0 Å². The van der Waals surface area contributed by atoms with Gasteiger partial charge in [0.2, 0.25) is 0 Å². The van der Waals surface area contributed by atoms with Crippen molar-refractivity contribution in [2.45, 2.75) is 63.9 Å². The molecule has 1 spiro atoms. The zero-order valence-electron chi connectivity index (χ0n) is 15.8. The van der Waals surface area contributed by atoms with Gasteiger partial charge in [-0.3, -0.25) is 9.89 Å². The molecule has 1 N–H and O–H groups in total. The number of aromatic nitrogens is 2. The van der Waals surface area contributed by atoms with Gasteiger partial charge in [-0.25, -0.2) is 0 Å². The lowest BCUT2D eigenvalue weighted by Crippen LogP contribution is -2.52. The Hall–Kier alpha value is -2.34. The quantitative estimate of drug-likeness (QED) is 0.839. The van der Waals surface area contributed by atoms with Crippen LogP contribution in [0.1, 0.15) is 66.5 Å². The molecule has 1 amide bonds. The van der Waals surface area contributed by atoms with Crippen molar-refractivity contribution >= 4 is 5.91 Å². The second-order valence-corrected chi connectivity index (χ2v) is 8.17. The molecule has 1 aromatic heterocycles. The van der Waals surface area contributed by atoms with Crippen molar-refractivity contribution < 1.29 is 14.3 Å². The number of rotatable bonds is 1. The van der Waals surface area contributed by atoms with Crippen LogP contribution in [-0.4, -0.2) is 39.3 Å². The van der Waals surface area contributed by atoms with Gasteiger partial charge in [-0.2, -0.15) is 5.10 Å². The van der Waals surface area contributed by atoms with E-state index in [0.29, 0.717) is 25.2 Å². The molecule has 0 bridgehead atoms. The second-order valence-electron chi connectivity index (χ2n) is 8.17. The lowest BCUT2D eigenvalue weighted by atomic mass is 9.79. The molecule has 1 aromatic carbocycles. The lowest BCUT2D eigenvalue weighted by molar-refractivity contribution is -0.0250. The topological polar surface area (TPSA) is 67.5 Å². The third-order valence-electron chi connectivity index (χ3n) is 6.13. The van der Waals surface area contributed by atoms with Crippen molar-refractivity contribution in [3.63, 3.8) is 0 Å². The van der Waals surface area contributed by atoms with Gasteiger partial charge in [0.25, 0.3) is 5.91 Å². The first-order valence-electron chi connectivity index (χ1n) is 9.83. The molecular weight excluding hydrogens is 342 g/mol. The Kier molecular flexibility index (Phi) is 3.79. The summed E-state index contributed by atoms with van der Waals surface area (Å²) in [7, 11) is 0. The van der Waals surface area contributed by atoms with Crippen molar-refractivity contribution in [3.8, 4) is 5.75 Å². The van der Waals surface area contributed by atoms with Gasteiger partial charge in [0.05, 0.1) is 24.4 Å². The first-order chi connectivity index (χ1) is 13.0. The molecule has 2 aromatic rings. The number of H-pyrrole nitrogens is 1. The maximum Gasteiger partial charge on any atom is 0.275 e. The van der Waals surface area contributed by atoms with E-state index in [1.54, 1.807) is 0 Å². The van der Waals surface area contributed by atoms with Crippen molar-refractivity contribution in [1.29, 1.82) is 0 Å². The predicted molar refractivity (Wildman–Crippen MR) is 99.6 cm³/mol. The van der Waals surface area contributed by atoms with Crippen LogP contribution < -0.4 is 4.74 Å². The summed E-state index contributed by atoms with van der Waals surface area (Å²) in [5.41, 5.74) is 3.29. The maximum absolute atomic E-state index is 13.5. The van der Waals surface area contributed by atoms with E-state index in [-0.39, 0.29) is 23.7 Å². The minimum absolute atomic E-state index is 0.0135. The summed E-state index contributed by atoms with van der Waals surface area (Å²) < 4.78 is 12.2. The van der Waals surface area contributed by atoms with E-state index in [2.05, 4.69) is 10.2 Å². The Morgan fingerprint density at radius 2 is 2.11 bits per heavy atom. The van der Waals surface area contributed by atoms with E-state index < -0.39 is 0 Å². The minimum atomic E-state index is -0.248. The summed E-state index contributed by atoms with van der Waals surface area (Å²) >= 11 is 0. The summed E-state index contributed by atoms with van der Waals surface area (Å²) in [6.07, 6.45) is 3.86. The number of nitrogens with zero attached hydrogens (tertiary/aromatic N) is 2.